The van der Waals surface area contributed by atoms with Crippen LogP contribution >= 0.6 is 23.2 Å². The molecule has 1 N–H and O–H groups in total. The molecule has 0 saturated heterocycles. The molecule has 0 aliphatic heterocycles. The Hall–Kier alpha value is -2.44. The second-order valence-electron chi connectivity index (χ2n) is 5.71. The number of halogens is 2. The Labute approximate surface area is 168 Å². The third-order valence-electron chi connectivity index (χ3n) is 3.44. The minimum atomic E-state index is -0.131. The number of ether oxygens (including phenoxy) is 2. The van der Waals surface area contributed by atoms with Gasteiger partial charge in [-0.25, -0.2) is 0 Å². The van der Waals surface area contributed by atoms with E-state index >= 15 is 0 Å². The lowest BCUT2D eigenvalue weighted by Crippen LogP contribution is -2.27. The molecule has 6 nitrogen and oxygen atoms in total. The Morgan fingerprint density at radius 2 is 1.89 bits per heavy atom. The van der Waals surface area contributed by atoms with Gasteiger partial charge in [-0.05, 0) is 48.9 Å². The van der Waals surface area contributed by atoms with E-state index in [9.17, 15) is 4.79 Å². The van der Waals surface area contributed by atoms with E-state index in [1.807, 2.05) is 13.0 Å². The normalized spacial score (nSPS) is 10.7. The number of rotatable bonds is 8. The summed E-state index contributed by atoms with van der Waals surface area (Å²) in [6, 6.07) is 10.5. The topological polar surface area (TPSA) is 63.2 Å². The molecule has 27 heavy (non-hydrogen) atoms. The van der Waals surface area contributed by atoms with E-state index in [1.165, 1.54) is 4.90 Å². The first-order valence-electron chi connectivity index (χ1n) is 8.24. The average molecular weight is 410 g/mol. The molecule has 144 valence electrons. The number of benzene rings is 2. The van der Waals surface area contributed by atoms with Crippen molar-refractivity contribution in [2.45, 2.75) is 6.92 Å². The zero-order valence-corrected chi connectivity index (χ0v) is 16.8. The number of nitrogens with one attached hydrogen (secondary N) is 1. The molecule has 0 heterocycles. The molecule has 2 aromatic carbocycles. The molecule has 0 atom stereocenters. The maximum Gasteiger partial charge on any atom is 0.259 e. The molecule has 0 radical (unpaired) electrons. The maximum atomic E-state index is 11.7. The molecular weight excluding hydrogens is 389 g/mol. The SMILES string of the molecule is CCOc1cc(/C=N/Nc2ccc(Cl)c(Cl)c2)ccc1OCC(=O)N(C)C. The number of anilines is 1. The molecule has 0 saturated carbocycles. The van der Waals surface area contributed by atoms with Gasteiger partial charge >= 0.3 is 0 Å². The van der Waals surface area contributed by atoms with Crippen molar-refractivity contribution in [1.29, 1.82) is 0 Å². The van der Waals surface area contributed by atoms with Gasteiger partial charge in [0.2, 0.25) is 0 Å². The second kappa shape index (κ2) is 10.0. The number of hydrogen-bond acceptors (Lipinski definition) is 5. The minimum absolute atomic E-state index is 0.0562. The number of hydrazone groups is 1. The van der Waals surface area contributed by atoms with Crippen molar-refractivity contribution in [2.75, 3.05) is 32.7 Å². The Morgan fingerprint density at radius 3 is 2.56 bits per heavy atom. The van der Waals surface area contributed by atoms with Crippen LogP contribution in [0.1, 0.15) is 12.5 Å². The maximum absolute atomic E-state index is 11.7. The zero-order valence-electron chi connectivity index (χ0n) is 15.3. The smallest absolute Gasteiger partial charge is 0.259 e. The van der Waals surface area contributed by atoms with Gasteiger partial charge in [-0.3, -0.25) is 10.2 Å². The van der Waals surface area contributed by atoms with E-state index in [-0.39, 0.29) is 12.5 Å². The fourth-order valence-corrected chi connectivity index (χ4v) is 2.31. The van der Waals surface area contributed by atoms with Gasteiger partial charge in [0.25, 0.3) is 5.91 Å². The Bertz CT molecular complexity index is 826. The second-order valence-corrected chi connectivity index (χ2v) is 6.53. The molecular formula is C19H21Cl2N3O3. The van der Waals surface area contributed by atoms with Gasteiger partial charge in [0.1, 0.15) is 0 Å². The Balaban J connectivity index is 2.07. The van der Waals surface area contributed by atoms with E-state index in [1.54, 1.807) is 50.6 Å². The summed E-state index contributed by atoms with van der Waals surface area (Å²) in [6.07, 6.45) is 1.64. The van der Waals surface area contributed by atoms with Crippen LogP contribution in [0.4, 0.5) is 5.69 Å². The minimum Gasteiger partial charge on any atom is -0.490 e. The van der Waals surface area contributed by atoms with Gasteiger partial charge in [0.15, 0.2) is 18.1 Å². The first kappa shape index (κ1) is 20.9. The van der Waals surface area contributed by atoms with Crippen LogP contribution in [0.15, 0.2) is 41.5 Å². The number of likely N-dealkylation sites (N-methyl/N-ethyl adjacent to an activating group) is 1. The Kier molecular flexibility index (Phi) is 7.76. The molecule has 1 amide bonds. The number of hydrogen-bond donors (Lipinski definition) is 1. The largest absolute Gasteiger partial charge is 0.490 e. The summed E-state index contributed by atoms with van der Waals surface area (Å²) >= 11 is 11.9. The van der Waals surface area contributed by atoms with Gasteiger partial charge in [-0.2, -0.15) is 5.10 Å². The van der Waals surface area contributed by atoms with Crippen LogP contribution < -0.4 is 14.9 Å². The molecule has 0 aliphatic rings. The lowest BCUT2D eigenvalue weighted by molar-refractivity contribution is -0.130. The zero-order chi connectivity index (χ0) is 19.8. The lowest BCUT2D eigenvalue weighted by Gasteiger charge is -2.14. The van der Waals surface area contributed by atoms with Crippen LogP contribution in [-0.2, 0) is 4.79 Å². The fourth-order valence-electron chi connectivity index (χ4n) is 2.01. The molecule has 8 heteroatoms. The summed E-state index contributed by atoms with van der Waals surface area (Å²) in [5.74, 6) is 0.915. The van der Waals surface area contributed by atoms with Gasteiger partial charge < -0.3 is 14.4 Å². The number of nitrogens with zero attached hydrogens (tertiary/aromatic N) is 2. The van der Waals surface area contributed by atoms with Crippen molar-refractivity contribution < 1.29 is 14.3 Å². The first-order chi connectivity index (χ1) is 12.9. The van der Waals surface area contributed by atoms with Gasteiger partial charge in [0, 0.05) is 14.1 Å². The summed E-state index contributed by atoms with van der Waals surface area (Å²) in [5.41, 5.74) is 4.40. The highest BCUT2D eigenvalue weighted by molar-refractivity contribution is 6.42. The quantitative estimate of drug-likeness (QED) is 0.521. The van der Waals surface area contributed by atoms with Crippen molar-refractivity contribution in [1.82, 2.24) is 4.90 Å². The van der Waals surface area contributed by atoms with Crippen LogP contribution in [-0.4, -0.2) is 44.3 Å². The van der Waals surface area contributed by atoms with Crippen LogP contribution in [0.25, 0.3) is 0 Å². The molecule has 0 spiro atoms. The van der Waals surface area contributed by atoms with E-state index in [4.69, 9.17) is 32.7 Å². The van der Waals surface area contributed by atoms with Crippen molar-refractivity contribution >= 4 is 41.0 Å². The highest BCUT2D eigenvalue weighted by atomic mass is 35.5. The van der Waals surface area contributed by atoms with Crippen molar-refractivity contribution in [3.8, 4) is 11.5 Å². The van der Waals surface area contributed by atoms with Gasteiger partial charge in [-0.15, -0.1) is 0 Å². The number of carbonyl (C=O) groups excluding carboxylic acids is 1. The predicted octanol–water partition coefficient (Wildman–Crippen LogP) is 4.31. The number of amides is 1. The standard InChI is InChI=1S/C19H21Cl2N3O3/c1-4-26-18-9-13(5-8-17(18)27-12-19(25)24(2)3)11-22-23-14-6-7-15(20)16(21)10-14/h5-11,23H,4,12H2,1-3H3/b22-11+. The molecule has 0 bridgehead atoms. The van der Waals surface area contributed by atoms with Crippen LogP contribution in [0.3, 0.4) is 0 Å². The van der Waals surface area contributed by atoms with Crippen LogP contribution in [0.5, 0.6) is 11.5 Å². The molecule has 2 aromatic rings. The van der Waals surface area contributed by atoms with E-state index in [0.29, 0.717) is 33.8 Å². The highest BCUT2D eigenvalue weighted by Gasteiger charge is 2.10. The molecule has 0 aromatic heterocycles. The van der Waals surface area contributed by atoms with Gasteiger partial charge in [0.05, 0.1) is 28.6 Å². The summed E-state index contributed by atoms with van der Waals surface area (Å²) in [6.45, 7) is 2.29. The van der Waals surface area contributed by atoms with E-state index in [0.717, 1.165) is 5.56 Å². The Morgan fingerprint density at radius 1 is 1.11 bits per heavy atom. The number of carbonyl (C=O) groups is 1. The summed E-state index contributed by atoms with van der Waals surface area (Å²) in [4.78, 5) is 13.2. The molecule has 2 rings (SSSR count). The van der Waals surface area contributed by atoms with Crippen molar-refractivity contribution in [3.63, 3.8) is 0 Å². The fraction of sp³-hybridized carbons (Fsp3) is 0.263. The van der Waals surface area contributed by atoms with Gasteiger partial charge in [-0.1, -0.05) is 23.2 Å². The average Bonchev–Trinajstić information content (AvgIpc) is 2.64. The molecule has 0 unspecified atom stereocenters. The van der Waals surface area contributed by atoms with Crippen LogP contribution in [0.2, 0.25) is 10.0 Å². The van der Waals surface area contributed by atoms with Crippen LogP contribution in [0, 0.1) is 0 Å². The lowest BCUT2D eigenvalue weighted by atomic mass is 10.2. The van der Waals surface area contributed by atoms with Crippen molar-refractivity contribution in [3.05, 3.63) is 52.0 Å². The predicted molar refractivity (Wildman–Crippen MR) is 109 cm³/mol. The highest BCUT2D eigenvalue weighted by Crippen LogP contribution is 2.28. The first-order valence-corrected chi connectivity index (χ1v) is 9.00. The van der Waals surface area contributed by atoms with E-state index in [2.05, 4.69) is 10.5 Å². The third-order valence-corrected chi connectivity index (χ3v) is 4.18. The summed E-state index contributed by atoms with van der Waals surface area (Å²) < 4.78 is 11.2. The van der Waals surface area contributed by atoms with E-state index < -0.39 is 0 Å². The summed E-state index contributed by atoms with van der Waals surface area (Å²) in [7, 11) is 3.35. The molecule has 0 fully saturated rings. The van der Waals surface area contributed by atoms with Crippen molar-refractivity contribution in [2.24, 2.45) is 5.10 Å². The summed E-state index contributed by atoms with van der Waals surface area (Å²) in [5, 5.41) is 5.11. The third kappa shape index (κ3) is 6.34. The monoisotopic (exact) mass is 409 g/mol. The molecule has 0 aliphatic carbocycles.